The molecule has 10 heteroatoms. The summed E-state index contributed by atoms with van der Waals surface area (Å²) in [6.45, 7) is 5.06. The monoisotopic (exact) mass is 431 g/mol. The molecule has 9 nitrogen and oxygen atoms in total. The summed E-state index contributed by atoms with van der Waals surface area (Å²) in [6.07, 6.45) is 2.89. The van der Waals surface area contributed by atoms with Crippen molar-refractivity contribution in [1.82, 2.24) is 14.8 Å². The predicted molar refractivity (Wildman–Crippen MR) is 114 cm³/mol. The lowest BCUT2D eigenvalue weighted by Gasteiger charge is -2.18. The van der Waals surface area contributed by atoms with Crippen LogP contribution in [-0.4, -0.2) is 39.2 Å². The Morgan fingerprint density at radius 3 is 2.63 bits per heavy atom. The number of nitrogens with zero attached hydrogens (tertiary/aromatic N) is 4. The summed E-state index contributed by atoms with van der Waals surface area (Å²) in [7, 11) is 0. The molecule has 0 bridgehead atoms. The van der Waals surface area contributed by atoms with E-state index in [4.69, 9.17) is 21.1 Å². The molecule has 0 spiro atoms. The van der Waals surface area contributed by atoms with Crippen LogP contribution < -0.4 is 5.32 Å². The second kappa shape index (κ2) is 10.1. The number of ether oxygens (including phenoxy) is 2. The van der Waals surface area contributed by atoms with Gasteiger partial charge in [-0.25, -0.2) is 4.68 Å². The molecule has 0 aliphatic heterocycles. The van der Waals surface area contributed by atoms with Gasteiger partial charge in [-0.15, -0.1) is 0 Å². The second-order valence-corrected chi connectivity index (χ2v) is 6.63. The predicted octanol–water partition coefficient (Wildman–Crippen LogP) is 4.65. The van der Waals surface area contributed by atoms with Crippen LogP contribution in [0, 0.1) is 10.1 Å². The van der Waals surface area contributed by atoms with Crippen LogP contribution in [0.25, 0.3) is 11.3 Å². The zero-order chi connectivity index (χ0) is 21.5. The van der Waals surface area contributed by atoms with Crippen LogP contribution in [-0.2, 0) is 16.0 Å². The maximum absolute atomic E-state index is 11.1. The molecule has 1 N–H and O–H groups in total. The summed E-state index contributed by atoms with van der Waals surface area (Å²) in [6, 6.07) is 9.75. The molecule has 0 fully saturated rings. The van der Waals surface area contributed by atoms with E-state index in [2.05, 4.69) is 15.4 Å². The van der Waals surface area contributed by atoms with E-state index in [9.17, 15) is 10.1 Å². The third kappa shape index (κ3) is 5.32. The van der Waals surface area contributed by atoms with E-state index in [0.29, 0.717) is 42.0 Å². The summed E-state index contributed by atoms with van der Waals surface area (Å²) < 4.78 is 13.0. The second-order valence-electron chi connectivity index (χ2n) is 6.23. The average molecular weight is 432 g/mol. The molecule has 1 aromatic carbocycles. The molecular formula is C20H22ClN5O4. The molecule has 0 radical (unpaired) electrons. The molecule has 2 heterocycles. The van der Waals surface area contributed by atoms with Crippen LogP contribution in [0.4, 0.5) is 17.2 Å². The lowest BCUT2D eigenvalue weighted by molar-refractivity contribution is -0.384. The number of aromatic nitrogens is 3. The molecule has 2 aromatic heterocycles. The number of hydrogen-bond donors (Lipinski definition) is 1. The van der Waals surface area contributed by atoms with E-state index in [-0.39, 0.29) is 5.69 Å². The third-order valence-electron chi connectivity index (χ3n) is 4.19. The van der Waals surface area contributed by atoms with Gasteiger partial charge < -0.3 is 14.8 Å². The van der Waals surface area contributed by atoms with Gasteiger partial charge in [-0.3, -0.25) is 15.1 Å². The van der Waals surface area contributed by atoms with Crippen LogP contribution in [0.5, 0.6) is 0 Å². The number of halogens is 1. The van der Waals surface area contributed by atoms with E-state index in [0.717, 1.165) is 5.56 Å². The maximum Gasteiger partial charge on any atom is 0.271 e. The number of nitro benzene ring substituents is 1. The fourth-order valence-electron chi connectivity index (χ4n) is 2.84. The van der Waals surface area contributed by atoms with Gasteiger partial charge in [-0.05, 0) is 32.0 Å². The molecule has 3 aromatic rings. The first-order valence-corrected chi connectivity index (χ1v) is 9.82. The number of benzene rings is 1. The number of rotatable bonds is 10. The van der Waals surface area contributed by atoms with Crippen molar-refractivity contribution in [1.29, 1.82) is 0 Å². The van der Waals surface area contributed by atoms with Crippen molar-refractivity contribution in [2.45, 2.75) is 26.7 Å². The van der Waals surface area contributed by atoms with Crippen molar-refractivity contribution in [3.8, 4) is 11.3 Å². The zero-order valence-corrected chi connectivity index (χ0v) is 17.4. The Morgan fingerprint density at radius 1 is 1.23 bits per heavy atom. The van der Waals surface area contributed by atoms with E-state index in [1.54, 1.807) is 17.1 Å². The van der Waals surface area contributed by atoms with E-state index in [1.165, 1.54) is 18.2 Å². The smallest absolute Gasteiger partial charge is 0.271 e. The van der Waals surface area contributed by atoms with Crippen LogP contribution in [0.1, 0.15) is 13.8 Å². The van der Waals surface area contributed by atoms with Gasteiger partial charge in [0.25, 0.3) is 5.69 Å². The van der Waals surface area contributed by atoms with Crippen molar-refractivity contribution in [2.75, 3.05) is 18.5 Å². The molecule has 0 saturated heterocycles. The highest BCUT2D eigenvalue weighted by Gasteiger charge is 2.17. The Kier molecular flexibility index (Phi) is 7.34. The summed E-state index contributed by atoms with van der Waals surface area (Å²) in [4.78, 5) is 14.8. The van der Waals surface area contributed by atoms with Gasteiger partial charge in [-0.1, -0.05) is 11.6 Å². The maximum atomic E-state index is 11.1. The minimum atomic E-state index is -0.497. The van der Waals surface area contributed by atoms with E-state index >= 15 is 0 Å². The Morgan fingerprint density at radius 2 is 2.00 bits per heavy atom. The molecule has 30 heavy (non-hydrogen) atoms. The molecule has 0 amide bonds. The Balaban J connectivity index is 1.98. The first kappa shape index (κ1) is 21.7. The van der Waals surface area contributed by atoms with Crippen molar-refractivity contribution in [2.24, 2.45) is 0 Å². The van der Waals surface area contributed by atoms with E-state index < -0.39 is 11.2 Å². The standard InChI is InChI=1S/C20H22ClN5O4/c1-3-29-20(30-4-2)13-25-19(11-17(24-25)14-6-5-9-22-12-14)23-18-10-15(26(27)28)7-8-16(18)21/h5-12,20,23H,3-4,13H2,1-2H3. The highest BCUT2D eigenvalue weighted by Crippen LogP contribution is 2.31. The molecule has 0 unspecified atom stereocenters. The normalized spacial score (nSPS) is 11.1. The van der Waals surface area contributed by atoms with Gasteiger partial charge in [0.2, 0.25) is 0 Å². The number of anilines is 2. The largest absolute Gasteiger partial charge is 0.351 e. The lowest BCUT2D eigenvalue weighted by Crippen LogP contribution is -2.25. The first-order chi connectivity index (χ1) is 14.5. The van der Waals surface area contributed by atoms with Crippen molar-refractivity contribution in [3.63, 3.8) is 0 Å². The van der Waals surface area contributed by atoms with E-state index in [1.807, 2.05) is 32.0 Å². The third-order valence-corrected chi connectivity index (χ3v) is 4.52. The highest BCUT2D eigenvalue weighted by molar-refractivity contribution is 6.33. The summed E-state index contributed by atoms with van der Waals surface area (Å²) >= 11 is 6.26. The number of nitro groups is 1. The quantitative estimate of drug-likeness (QED) is 0.283. The van der Waals surface area contributed by atoms with Gasteiger partial charge in [0, 0.05) is 49.4 Å². The van der Waals surface area contributed by atoms with Gasteiger partial charge in [0.1, 0.15) is 5.82 Å². The molecule has 3 rings (SSSR count). The number of nitrogens with one attached hydrogen (secondary N) is 1. The fraction of sp³-hybridized carbons (Fsp3) is 0.300. The van der Waals surface area contributed by atoms with Crippen LogP contribution in [0.3, 0.4) is 0 Å². The van der Waals surface area contributed by atoms with Crippen LogP contribution in [0.2, 0.25) is 5.02 Å². The average Bonchev–Trinajstić information content (AvgIpc) is 3.13. The Bertz CT molecular complexity index is 990. The molecule has 0 atom stereocenters. The lowest BCUT2D eigenvalue weighted by atomic mass is 10.2. The molecule has 158 valence electrons. The topological polar surface area (TPSA) is 104 Å². The van der Waals surface area contributed by atoms with Crippen LogP contribution >= 0.6 is 11.6 Å². The Hall–Kier alpha value is -3.01. The van der Waals surface area contributed by atoms with Gasteiger partial charge >= 0.3 is 0 Å². The number of non-ortho nitro benzene ring substituents is 1. The van der Waals surface area contributed by atoms with Crippen molar-refractivity contribution in [3.05, 3.63) is 63.9 Å². The highest BCUT2D eigenvalue weighted by atomic mass is 35.5. The zero-order valence-electron chi connectivity index (χ0n) is 16.6. The summed E-state index contributed by atoms with van der Waals surface area (Å²) in [5, 5.41) is 19.3. The molecule has 0 aliphatic rings. The minimum Gasteiger partial charge on any atom is -0.351 e. The molecule has 0 saturated carbocycles. The Labute approximate surface area is 178 Å². The van der Waals surface area contributed by atoms with Gasteiger partial charge in [0.05, 0.1) is 27.9 Å². The van der Waals surface area contributed by atoms with Crippen molar-refractivity contribution >= 4 is 28.8 Å². The molecular weight excluding hydrogens is 410 g/mol. The minimum absolute atomic E-state index is 0.0676. The molecule has 0 aliphatic carbocycles. The SMILES string of the molecule is CCOC(Cn1nc(-c2cccnc2)cc1Nc1cc([N+](=O)[O-])ccc1Cl)OCC. The number of pyridine rings is 1. The summed E-state index contributed by atoms with van der Waals surface area (Å²) in [5.41, 5.74) is 1.84. The van der Waals surface area contributed by atoms with Crippen LogP contribution in [0.15, 0.2) is 48.8 Å². The van der Waals surface area contributed by atoms with Gasteiger partial charge in [0.15, 0.2) is 6.29 Å². The van der Waals surface area contributed by atoms with Gasteiger partial charge in [-0.2, -0.15) is 5.10 Å². The number of hydrogen-bond acceptors (Lipinski definition) is 7. The van der Waals surface area contributed by atoms with Crippen molar-refractivity contribution < 1.29 is 14.4 Å². The first-order valence-electron chi connectivity index (χ1n) is 9.44. The fourth-order valence-corrected chi connectivity index (χ4v) is 3.00. The summed E-state index contributed by atoms with van der Waals surface area (Å²) in [5.74, 6) is 0.584.